The number of amides is 1. The van der Waals surface area contributed by atoms with E-state index in [0.29, 0.717) is 0 Å². The van der Waals surface area contributed by atoms with E-state index in [4.69, 9.17) is 11.6 Å². The van der Waals surface area contributed by atoms with Crippen LogP contribution >= 0.6 is 0 Å². The first-order chi connectivity index (χ1) is 7.84. The smallest absolute Gasteiger partial charge is 0.238 e. The summed E-state index contributed by atoms with van der Waals surface area (Å²) < 4.78 is 35.2. The molecule has 0 bridgehead atoms. The molecular weight excluding hydrogens is 247 g/mol. The molecule has 0 aromatic heterocycles. The lowest BCUT2D eigenvalue weighted by Crippen LogP contribution is -2.14. The number of sulfonamides is 1. The third-order valence-corrected chi connectivity index (χ3v) is 2.72. The average molecular weight is 256 g/mol. The summed E-state index contributed by atoms with van der Waals surface area (Å²) in [6.07, 6.45) is 4.70. The normalized spacial score (nSPS) is 10.6. The number of rotatable bonds is 3. The topological polar surface area (TPSA) is 89.3 Å². The molecule has 1 aromatic carbocycles. The minimum atomic E-state index is -3.97. The van der Waals surface area contributed by atoms with Gasteiger partial charge in [-0.05, 0) is 18.2 Å². The molecule has 90 valence electrons. The first-order valence-electron chi connectivity index (χ1n) is 4.40. The van der Waals surface area contributed by atoms with Crippen LogP contribution in [0.5, 0.6) is 0 Å². The molecular formula is C10H9FN2O3S. The Kier molecular flexibility index (Phi) is 3.83. The highest BCUT2D eigenvalue weighted by atomic mass is 32.2. The van der Waals surface area contributed by atoms with Gasteiger partial charge in [-0.1, -0.05) is 5.92 Å². The SMILES string of the molecule is C#CCC(=O)Nc1ccc(S(N)(=O)=O)cc1F. The van der Waals surface area contributed by atoms with Crippen LogP contribution in [-0.2, 0) is 14.8 Å². The summed E-state index contributed by atoms with van der Waals surface area (Å²) in [6.45, 7) is 0. The summed E-state index contributed by atoms with van der Waals surface area (Å²) in [5.41, 5.74) is -0.155. The van der Waals surface area contributed by atoms with Crippen LogP contribution < -0.4 is 10.5 Å². The van der Waals surface area contributed by atoms with Crippen molar-refractivity contribution in [2.24, 2.45) is 5.14 Å². The molecule has 0 saturated carbocycles. The number of halogens is 1. The fourth-order valence-corrected chi connectivity index (χ4v) is 1.59. The van der Waals surface area contributed by atoms with Crippen LogP contribution in [0.3, 0.4) is 0 Å². The van der Waals surface area contributed by atoms with Crippen molar-refractivity contribution in [1.29, 1.82) is 0 Å². The van der Waals surface area contributed by atoms with Crippen molar-refractivity contribution in [3.63, 3.8) is 0 Å². The summed E-state index contributed by atoms with van der Waals surface area (Å²) in [6, 6.07) is 2.91. The van der Waals surface area contributed by atoms with Gasteiger partial charge in [-0.25, -0.2) is 17.9 Å². The van der Waals surface area contributed by atoms with Crippen molar-refractivity contribution in [1.82, 2.24) is 0 Å². The molecule has 0 saturated heterocycles. The standard InChI is InChI=1S/C10H9FN2O3S/c1-2-3-10(14)13-9-5-4-7(6-8(9)11)17(12,15)16/h1,4-6H,3H2,(H,13,14)(H2,12,15,16). The fraction of sp³-hybridized carbons (Fsp3) is 0.100. The largest absolute Gasteiger partial charge is 0.323 e. The van der Waals surface area contributed by atoms with Crippen molar-refractivity contribution in [2.75, 3.05) is 5.32 Å². The molecule has 0 unspecified atom stereocenters. The van der Waals surface area contributed by atoms with E-state index in [1.54, 1.807) is 0 Å². The Bertz CT molecular complexity index is 590. The van der Waals surface area contributed by atoms with Gasteiger partial charge < -0.3 is 5.32 Å². The Balaban J connectivity index is 3.00. The maximum absolute atomic E-state index is 13.4. The van der Waals surface area contributed by atoms with Gasteiger partial charge in [-0.2, -0.15) is 0 Å². The van der Waals surface area contributed by atoms with Crippen molar-refractivity contribution in [2.45, 2.75) is 11.3 Å². The second kappa shape index (κ2) is 4.95. The fourth-order valence-electron chi connectivity index (χ4n) is 1.06. The Morgan fingerprint density at radius 3 is 2.65 bits per heavy atom. The first-order valence-corrected chi connectivity index (χ1v) is 5.95. The van der Waals surface area contributed by atoms with Crippen LogP contribution in [0.15, 0.2) is 23.1 Å². The zero-order valence-corrected chi connectivity index (χ0v) is 9.42. The van der Waals surface area contributed by atoms with E-state index in [-0.39, 0.29) is 17.0 Å². The number of hydrogen-bond donors (Lipinski definition) is 2. The number of carbonyl (C=O) groups excluding carboxylic acids is 1. The number of carbonyl (C=O) groups is 1. The number of terminal acetylenes is 1. The summed E-state index contributed by atoms with van der Waals surface area (Å²) in [4.78, 5) is 10.7. The molecule has 0 aliphatic heterocycles. The lowest BCUT2D eigenvalue weighted by Gasteiger charge is -2.05. The zero-order valence-electron chi connectivity index (χ0n) is 8.60. The number of hydrogen-bond acceptors (Lipinski definition) is 3. The molecule has 17 heavy (non-hydrogen) atoms. The molecule has 3 N–H and O–H groups in total. The zero-order chi connectivity index (χ0) is 13.1. The maximum atomic E-state index is 13.4. The summed E-state index contributed by atoms with van der Waals surface area (Å²) in [5.74, 6) is 0.631. The van der Waals surface area contributed by atoms with E-state index in [1.165, 1.54) is 0 Å². The van der Waals surface area contributed by atoms with Gasteiger partial charge in [-0.15, -0.1) is 6.42 Å². The highest BCUT2D eigenvalue weighted by Gasteiger charge is 2.12. The Hall–Kier alpha value is -1.91. The third-order valence-electron chi connectivity index (χ3n) is 1.81. The van der Waals surface area contributed by atoms with Gasteiger partial charge in [0.15, 0.2) is 0 Å². The molecule has 5 nitrogen and oxygen atoms in total. The minimum Gasteiger partial charge on any atom is -0.323 e. The monoisotopic (exact) mass is 256 g/mol. The average Bonchev–Trinajstić information content (AvgIpc) is 2.20. The predicted octanol–water partition coefficient (Wildman–Crippen LogP) is 0.435. The van der Waals surface area contributed by atoms with Crippen molar-refractivity contribution >= 4 is 21.6 Å². The van der Waals surface area contributed by atoms with Crippen LogP contribution in [-0.4, -0.2) is 14.3 Å². The molecule has 1 amide bonds. The van der Waals surface area contributed by atoms with E-state index in [9.17, 15) is 17.6 Å². The molecule has 0 aliphatic carbocycles. The Morgan fingerprint density at radius 1 is 1.53 bits per heavy atom. The van der Waals surface area contributed by atoms with E-state index in [2.05, 4.69) is 11.2 Å². The Labute approximate surface area is 97.9 Å². The minimum absolute atomic E-state index is 0.155. The molecule has 0 radical (unpaired) electrons. The molecule has 1 aromatic rings. The lowest BCUT2D eigenvalue weighted by molar-refractivity contribution is -0.115. The number of anilines is 1. The number of primary sulfonamides is 1. The quantitative estimate of drug-likeness (QED) is 0.769. The highest BCUT2D eigenvalue weighted by Crippen LogP contribution is 2.18. The van der Waals surface area contributed by atoms with Gasteiger partial charge in [-0.3, -0.25) is 4.79 Å². The third kappa shape index (κ3) is 3.55. The van der Waals surface area contributed by atoms with Gasteiger partial charge in [0.25, 0.3) is 0 Å². The van der Waals surface area contributed by atoms with Gasteiger partial charge in [0.1, 0.15) is 5.82 Å². The van der Waals surface area contributed by atoms with Crippen LogP contribution in [0.1, 0.15) is 6.42 Å². The molecule has 7 heteroatoms. The molecule has 1 rings (SSSR count). The molecule has 0 fully saturated rings. The van der Waals surface area contributed by atoms with E-state index >= 15 is 0 Å². The van der Waals surface area contributed by atoms with E-state index in [0.717, 1.165) is 18.2 Å². The highest BCUT2D eigenvalue weighted by molar-refractivity contribution is 7.89. The van der Waals surface area contributed by atoms with Crippen LogP contribution in [0, 0.1) is 18.2 Å². The first kappa shape index (κ1) is 13.2. The maximum Gasteiger partial charge on any atom is 0.238 e. The van der Waals surface area contributed by atoms with Crippen LogP contribution in [0.4, 0.5) is 10.1 Å². The summed E-state index contributed by atoms with van der Waals surface area (Å²) in [7, 11) is -3.97. The lowest BCUT2D eigenvalue weighted by atomic mass is 10.3. The number of benzene rings is 1. The van der Waals surface area contributed by atoms with Crippen LogP contribution in [0.25, 0.3) is 0 Å². The molecule has 0 heterocycles. The molecule has 0 spiro atoms. The second-order valence-electron chi connectivity index (χ2n) is 3.12. The van der Waals surface area contributed by atoms with E-state index in [1.807, 2.05) is 0 Å². The number of nitrogens with two attached hydrogens (primary N) is 1. The molecule has 0 atom stereocenters. The predicted molar refractivity (Wildman–Crippen MR) is 59.9 cm³/mol. The van der Waals surface area contributed by atoms with Crippen molar-refractivity contribution in [3.8, 4) is 12.3 Å². The van der Waals surface area contributed by atoms with E-state index < -0.39 is 21.7 Å². The van der Waals surface area contributed by atoms with Crippen LogP contribution in [0.2, 0.25) is 0 Å². The van der Waals surface area contributed by atoms with Gasteiger partial charge in [0, 0.05) is 0 Å². The van der Waals surface area contributed by atoms with Gasteiger partial charge >= 0.3 is 0 Å². The van der Waals surface area contributed by atoms with Crippen molar-refractivity contribution < 1.29 is 17.6 Å². The summed E-state index contributed by atoms with van der Waals surface area (Å²) >= 11 is 0. The van der Waals surface area contributed by atoms with Gasteiger partial charge in [0.05, 0.1) is 17.0 Å². The second-order valence-corrected chi connectivity index (χ2v) is 4.68. The summed E-state index contributed by atoms with van der Waals surface area (Å²) in [5, 5.41) is 7.01. The van der Waals surface area contributed by atoms with Gasteiger partial charge in [0.2, 0.25) is 15.9 Å². The van der Waals surface area contributed by atoms with Crippen molar-refractivity contribution in [3.05, 3.63) is 24.0 Å². The molecule has 0 aliphatic rings. The Morgan fingerprint density at radius 2 is 2.18 bits per heavy atom. The number of nitrogens with one attached hydrogen (secondary N) is 1.